The lowest BCUT2D eigenvalue weighted by Gasteiger charge is -2.35. The zero-order valence-electron chi connectivity index (χ0n) is 17.6. The Bertz CT molecular complexity index is 1030. The van der Waals surface area contributed by atoms with Crippen molar-refractivity contribution in [3.8, 4) is 5.75 Å². The number of ketones is 1. The lowest BCUT2D eigenvalue weighted by atomic mass is 9.77. The molecule has 3 heterocycles. The average molecular weight is 418 g/mol. The molecule has 0 saturated heterocycles. The van der Waals surface area contributed by atoms with Crippen LogP contribution in [-0.2, 0) is 20.9 Å². The number of nitrogens with zero attached hydrogens (tertiary/aromatic N) is 2. The van der Waals surface area contributed by atoms with Gasteiger partial charge in [0.05, 0.1) is 24.1 Å². The molecule has 0 radical (unpaired) electrons. The van der Waals surface area contributed by atoms with E-state index in [0.29, 0.717) is 18.7 Å². The number of hydrogen-bond acceptors (Lipinski definition) is 5. The summed E-state index contributed by atoms with van der Waals surface area (Å²) in [6, 6.07) is 11.0. The first-order chi connectivity index (χ1) is 15.2. The highest BCUT2D eigenvalue weighted by atomic mass is 16.5. The van der Waals surface area contributed by atoms with Gasteiger partial charge in [0.2, 0.25) is 0 Å². The van der Waals surface area contributed by atoms with Crippen molar-refractivity contribution in [2.24, 2.45) is 5.92 Å². The summed E-state index contributed by atoms with van der Waals surface area (Å²) < 4.78 is 11.9. The number of Topliss-reactive ketones (excluding diaryl/α,β-unsaturated/α-hetero) is 1. The quantitative estimate of drug-likeness (QED) is 0.735. The monoisotopic (exact) mass is 418 g/mol. The molecule has 6 nitrogen and oxygen atoms in total. The zero-order chi connectivity index (χ0) is 21.4. The van der Waals surface area contributed by atoms with E-state index in [1.165, 1.54) is 0 Å². The van der Waals surface area contributed by atoms with Crippen LogP contribution >= 0.6 is 0 Å². The Kier molecular flexibility index (Phi) is 5.22. The molecule has 1 aromatic carbocycles. The Morgan fingerprint density at radius 2 is 1.94 bits per heavy atom. The first kappa shape index (κ1) is 19.8. The molecule has 1 aromatic heterocycles. The zero-order valence-corrected chi connectivity index (χ0v) is 17.6. The van der Waals surface area contributed by atoms with Gasteiger partial charge >= 0.3 is 0 Å². The van der Waals surface area contributed by atoms with Gasteiger partial charge in [0.15, 0.2) is 11.5 Å². The van der Waals surface area contributed by atoms with Crippen LogP contribution in [0.2, 0.25) is 0 Å². The van der Waals surface area contributed by atoms with Crippen molar-refractivity contribution in [2.75, 3.05) is 6.61 Å². The van der Waals surface area contributed by atoms with Crippen LogP contribution in [0.4, 0.5) is 0 Å². The van der Waals surface area contributed by atoms with Crippen molar-refractivity contribution in [2.45, 2.75) is 51.3 Å². The maximum atomic E-state index is 13.6. The topological polar surface area (TPSA) is 68.7 Å². The van der Waals surface area contributed by atoms with E-state index in [9.17, 15) is 9.59 Å². The third-order valence-corrected chi connectivity index (χ3v) is 6.45. The fraction of sp³-hybridized carbons (Fsp3) is 0.400. The highest BCUT2D eigenvalue weighted by Crippen LogP contribution is 2.47. The van der Waals surface area contributed by atoms with E-state index in [-0.39, 0.29) is 29.5 Å². The highest BCUT2D eigenvalue weighted by Gasteiger charge is 2.51. The minimum Gasteiger partial charge on any atom is -0.494 e. The molecule has 1 aliphatic carbocycles. The molecular weight excluding hydrogens is 392 g/mol. The summed E-state index contributed by atoms with van der Waals surface area (Å²) in [4.78, 5) is 32.9. The molecule has 2 aliphatic heterocycles. The molecule has 3 unspecified atom stereocenters. The Labute approximate surface area is 181 Å². The van der Waals surface area contributed by atoms with E-state index >= 15 is 0 Å². The molecule has 5 rings (SSSR count). The second kappa shape index (κ2) is 8.17. The number of pyridine rings is 1. The summed E-state index contributed by atoms with van der Waals surface area (Å²) in [6.07, 6.45) is 6.96. The van der Waals surface area contributed by atoms with Gasteiger partial charge in [-0.1, -0.05) is 18.6 Å². The molecule has 1 saturated carbocycles. The van der Waals surface area contributed by atoms with Crippen LogP contribution in [-0.4, -0.2) is 34.3 Å². The normalized spacial score (nSPS) is 25.2. The summed E-state index contributed by atoms with van der Waals surface area (Å²) in [5.41, 5.74) is 2.33. The minimum absolute atomic E-state index is 0.0725. The Morgan fingerprint density at radius 1 is 1.13 bits per heavy atom. The predicted octanol–water partition coefficient (Wildman–Crippen LogP) is 3.98. The van der Waals surface area contributed by atoms with E-state index in [0.717, 1.165) is 42.6 Å². The maximum absolute atomic E-state index is 13.6. The Morgan fingerprint density at radius 3 is 2.74 bits per heavy atom. The molecule has 31 heavy (non-hydrogen) atoms. The average Bonchev–Trinajstić information content (AvgIpc) is 3.07. The van der Waals surface area contributed by atoms with Crippen LogP contribution in [0.25, 0.3) is 0 Å². The lowest BCUT2D eigenvalue weighted by molar-refractivity contribution is -0.135. The molecule has 6 heteroatoms. The summed E-state index contributed by atoms with van der Waals surface area (Å²) in [5.74, 6) is 0.678. The van der Waals surface area contributed by atoms with E-state index in [1.807, 2.05) is 43.3 Å². The first-order valence-corrected chi connectivity index (χ1v) is 11.0. The van der Waals surface area contributed by atoms with Gasteiger partial charge < -0.3 is 14.4 Å². The molecule has 0 bridgehead atoms. The van der Waals surface area contributed by atoms with E-state index < -0.39 is 6.04 Å². The standard InChI is InChI=1S/C25H26N2O4/c1-2-30-18-7-5-6-17(14-18)22-21-23(28)19-8-3-4-9-20(19)31-24(21)25(29)27(22)15-16-10-12-26-13-11-16/h5-7,10-14,19-20,22H,2-4,8-9,15H2,1H3. The molecule has 1 amide bonds. The van der Waals surface area contributed by atoms with Crippen molar-refractivity contribution < 1.29 is 19.1 Å². The van der Waals surface area contributed by atoms with Gasteiger partial charge in [-0.15, -0.1) is 0 Å². The van der Waals surface area contributed by atoms with Crippen LogP contribution in [0, 0.1) is 5.92 Å². The number of rotatable bonds is 5. The molecule has 0 spiro atoms. The predicted molar refractivity (Wildman–Crippen MR) is 114 cm³/mol. The Balaban J connectivity index is 1.58. The molecular formula is C25H26N2O4. The molecule has 2 aromatic rings. The van der Waals surface area contributed by atoms with Gasteiger partial charge in [0, 0.05) is 18.9 Å². The molecule has 0 N–H and O–H groups in total. The van der Waals surface area contributed by atoms with Crippen LogP contribution in [0.15, 0.2) is 60.1 Å². The number of carbonyl (C=O) groups excluding carboxylic acids is 2. The number of fused-ring (bicyclic) bond motifs is 1. The van der Waals surface area contributed by atoms with Crippen molar-refractivity contribution in [3.63, 3.8) is 0 Å². The SMILES string of the molecule is CCOc1cccc(C2C3=C(OC4CCCCC4C3=O)C(=O)N2Cc2ccncc2)c1. The van der Waals surface area contributed by atoms with Gasteiger partial charge in [-0.25, -0.2) is 0 Å². The molecule has 160 valence electrons. The first-order valence-electron chi connectivity index (χ1n) is 11.0. The Hall–Kier alpha value is -3.15. The van der Waals surface area contributed by atoms with Gasteiger partial charge in [-0.05, 0) is 61.6 Å². The number of amides is 1. The molecule has 3 atom stereocenters. The fourth-order valence-corrected chi connectivity index (χ4v) is 5.03. The minimum atomic E-state index is -0.480. The third kappa shape index (κ3) is 3.50. The second-order valence-electron chi connectivity index (χ2n) is 8.35. The molecule has 1 fully saturated rings. The van der Waals surface area contributed by atoms with E-state index in [4.69, 9.17) is 9.47 Å². The largest absolute Gasteiger partial charge is 0.494 e. The summed E-state index contributed by atoms with van der Waals surface area (Å²) in [5, 5.41) is 0. The second-order valence-corrected chi connectivity index (χ2v) is 8.35. The van der Waals surface area contributed by atoms with Crippen LogP contribution < -0.4 is 4.74 Å². The van der Waals surface area contributed by atoms with Crippen molar-refractivity contribution in [3.05, 3.63) is 71.3 Å². The smallest absolute Gasteiger partial charge is 0.290 e. The number of benzene rings is 1. The van der Waals surface area contributed by atoms with Crippen molar-refractivity contribution in [1.82, 2.24) is 9.88 Å². The number of hydrogen-bond donors (Lipinski definition) is 0. The summed E-state index contributed by atoms with van der Waals surface area (Å²) in [6.45, 7) is 2.86. The lowest BCUT2D eigenvalue weighted by Crippen LogP contribution is -2.39. The van der Waals surface area contributed by atoms with Crippen LogP contribution in [0.3, 0.4) is 0 Å². The maximum Gasteiger partial charge on any atom is 0.290 e. The van der Waals surface area contributed by atoms with Gasteiger partial charge in [-0.3, -0.25) is 14.6 Å². The van der Waals surface area contributed by atoms with Gasteiger partial charge in [-0.2, -0.15) is 0 Å². The van der Waals surface area contributed by atoms with E-state index in [1.54, 1.807) is 17.3 Å². The fourth-order valence-electron chi connectivity index (χ4n) is 5.03. The number of aromatic nitrogens is 1. The number of ether oxygens (including phenoxy) is 2. The van der Waals surface area contributed by atoms with Crippen molar-refractivity contribution >= 4 is 11.7 Å². The summed E-state index contributed by atoms with van der Waals surface area (Å²) >= 11 is 0. The highest BCUT2D eigenvalue weighted by molar-refractivity contribution is 6.11. The van der Waals surface area contributed by atoms with Crippen molar-refractivity contribution in [1.29, 1.82) is 0 Å². The van der Waals surface area contributed by atoms with Gasteiger partial charge in [0.1, 0.15) is 11.9 Å². The third-order valence-electron chi connectivity index (χ3n) is 6.45. The molecule has 3 aliphatic rings. The van der Waals surface area contributed by atoms with E-state index in [2.05, 4.69) is 4.98 Å². The van der Waals surface area contributed by atoms with Crippen LogP contribution in [0.5, 0.6) is 5.75 Å². The van der Waals surface area contributed by atoms with Crippen LogP contribution in [0.1, 0.15) is 49.8 Å². The van der Waals surface area contributed by atoms with Gasteiger partial charge in [0.25, 0.3) is 5.91 Å². The summed E-state index contributed by atoms with van der Waals surface area (Å²) in [7, 11) is 0. The number of carbonyl (C=O) groups is 2.